The maximum Gasteiger partial charge on any atom is 0.244 e. The summed E-state index contributed by atoms with van der Waals surface area (Å²) in [6, 6.07) is 3.88. The zero-order chi connectivity index (χ0) is 11.9. The first kappa shape index (κ1) is 10.3. The van der Waals surface area contributed by atoms with E-state index >= 15 is 0 Å². The highest BCUT2D eigenvalue weighted by Gasteiger charge is 2.26. The van der Waals surface area contributed by atoms with E-state index in [9.17, 15) is 10.2 Å². The van der Waals surface area contributed by atoms with Gasteiger partial charge in [-0.1, -0.05) is 0 Å². The topological polar surface area (TPSA) is 81.2 Å². The van der Waals surface area contributed by atoms with Gasteiger partial charge < -0.3 is 20.5 Å². The van der Waals surface area contributed by atoms with E-state index in [0.717, 1.165) is 22.2 Å². The summed E-state index contributed by atoms with van der Waals surface area (Å²) in [6.07, 6.45) is 6.17. The average Bonchev–Trinajstić information content (AvgIpc) is 2.73. The number of hydrogen-bond donors (Lipinski definition) is 4. The summed E-state index contributed by atoms with van der Waals surface area (Å²) in [5.74, 6) is -1.78. The van der Waals surface area contributed by atoms with Crippen LogP contribution in [-0.2, 0) is 0 Å². The maximum atomic E-state index is 9.38. The number of rotatable bonds is 1. The molecule has 0 aliphatic carbocycles. The fourth-order valence-electron chi connectivity index (χ4n) is 2.09. The monoisotopic (exact) mass is 231 g/mol. The minimum absolute atomic E-state index is 0.270. The Morgan fingerprint density at radius 2 is 2.24 bits per heavy atom. The molecule has 2 aromatic heterocycles. The summed E-state index contributed by atoms with van der Waals surface area (Å²) in [5, 5.41) is 22.4. The molecule has 0 aromatic carbocycles. The lowest BCUT2D eigenvalue weighted by molar-refractivity contribution is -0.182. The molecule has 0 spiro atoms. The van der Waals surface area contributed by atoms with Gasteiger partial charge in [-0.05, 0) is 24.1 Å². The molecule has 0 bridgehead atoms. The largest absolute Gasteiger partial charge is 0.349 e. The summed E-state index contributed by atoms with van der Waals surface area (Å²) in [5.41, 5.74) is 2.94. The smallest absolute Gasteiger partial charge is 0.244 e. The molecular formula is C12H13N3O2. The summed E-state index contributed by atoms with van der Waals surface area (Å²) < 4.78 is 0. The molecule has 1 aliphatic heterocycles. The highest BCUT2D eigenvalue weighted by Crippen LogP contribution is 2.30. The van der Waals surface area contributed by atoms with Crippen molar-refractivity contribution in [2.45, 2.75) is 18.8 Å². The number of aliphatic hydroxyl groups is 2. The molecule has 88 valence electrons. The average molecular weight is 231 g/mol. The van der Waals surface area contributed by atoms with E-state index in [1.165, 1.54) is 0 Å². The fraction of sp³-hybridized carbons (Fsp3) is 0.250. The molecule has 0 amide bonds. The Balaban J connectivity index is 2.03. The van der Waals surface area contributed by atoms with Crippen molar-refractivity contribution in [3.8, 4) is 0 Å². The quantitative estimate of drug-likeness (QED) is 0.550. The molecule has 0 radical (unpaired) electrons. The van der Waals surface area contributed by atoms with Gasteiger partial charge in [0.1, 0.15) is 5.65 Å². The van der Waals surface area contributed by atoms with Crippen molar-refractivity contribution < 1.29 is 10.2 Å². The lowest BCUT2D eigenvalue weighted by Crippen LogP contribution is -2.43. The molecule has 0 fully saturated rings. The van der Waals surface area contributed by atoms with E-state index in [4.69, 9.17) is 0 Å². The Labute approximate surface area is 97.8 Å². The van der Waals surface area contributed by atoms with E-state index in [2.05, 4.69) is 15.3 Å². The molecule has 2 aromatic rings. The lowest BCUT2D eigenvalue weighted by atomic mass is 9.98. The summed E-state index contributed by atoms with van der Waals surface area (Å²) >= 11 is 0. The van der Waals surface area contributed by atoms with Crippen LogP contribution >= 0.6 is 0 Å². The molecule has 3 heterocycles. The van der Waals surface area contributed by atoms with Gasteiger partial charge in [-0.3, -0.25) is 0 Å². The van der Waals surface area contributed by atoms with Crippen molar-refractivity contribution in [1.29, 1.82) is 0 Å². The number of aromatic nitrogens is 2. The molecular weight excluding hydrogens is 218 g/mol. The van der Waals surface area contributed by atoms with Crippen LogP contribution in [0.15, 0.2) is 30.7 Å². The van der Waals surface area contributed by atoms with Crippen LogP contribution in [0.1, 0.15) is 18.4 Å². The first-order chi connectivity index (χ1) is 8.16. The molecule has 17 heavy (non-hydrogen) atoms. The van der Waals surface area contributed by atoms with Crippen LogP contribution in [0, 0.1) is 0 Å². The molecule has 5 heteroatoms. The van der Waals surface area contributed by atoms with Crippen molar-refractivity contribution in [2.75, 3.05) is 0 Å². The number of allylic oxidation sites excluding steroid dienone is 1. The SMILES string of the molecule is OC1(O)CCC(c2c[nH]c3ncccc23)=CN1. The normalized spacial score (nSPS) is 18.8. The van der Waals surface area contributed by atoms with E-state index in [1.807, 2.05) is 18.3 Å². The van der Waals surface area contributed by atoms with Crippen molar-refractivity contribution in [1.82, 2.24) is 15.3 Å². The summed E-state index contributed by atoms with van der Waals surface area (Å²) in [6.45, 7) is 0. The third-order valence-electron chi connectivity index (χ3n) is 3.02. The van der Waals surface area contributed by atoms with Gasteiger partial charge in [-0.15, -0.1) is 0 Å². The molecule has 0 unspecified atom stereocenters. The van der Waals surface area contributed by atoms with Gasteiger partial charge in [0.25, 0.3) is 0 Å². The minimum Gasteiger partial charge on any atom is -0.349 e. The number of fused-ring (bicyclic) bond motifs is 1. The summed E-state index contributed by atoms with van der Waals surface area (Å²) in [7, 11) is 0. The van der Waals surface area contributed by atoms with Crippen LogP contribution in [0.4, 0.5) is 0 Å². The molecule has 0 saturated heterocycles. The van der Waals surface area contributed by atoms with Crippen LogP contribution in [0.2, 0.25) is 0 Å². The third kappa shape index (κ3) is 1.79. The van der Waals surface area contributed by atoms with Gasteiger partial charge in [0.05, 0.1) is 0 Å². The van der Waals surface area contributed by atoms with Crippen LogP contribution in [0.25, 0.3) is 16.6 Å². The Morgan fingerprint density at radius 3 is 3.00 bits per heavy atom. The fourth-order valence-corrected chi connectivity index (χ4v) is 2.09. The second-order valence-corrected chi connectivity index (χ2v) is 4.23. The summed E-state index contributed by atoms with van der Waals surface area (Å²) in [4.78, 5) is 7.32. The standard InChI is InChI=1S/C12H13N3O2/c16-12(17)4-3-8(6-15-12)10-7-14-11-9(10)2-1-5-13-11/h1-2,5-7,15-17H,3-4H2,(H,13,14). The minimum atomic E-state index is -1.78. The number of H-pyrrole nitrogens is 1. The second kappa shape index (κ2) is 3.58. The Morgan fingerprint density at radius 1 is 1.35 bits per heavy atom. The Kier molecular flexibility index (Phi) is 2.17. The van der Waals surface area contributed by atoms with Crippen LogP contribution in [0.5, 0.6) is 0 Å². The lowest BCUT2D eigenvalue weighted by Gasteiger charge is -2.27. The first-order valence-corrected chi connectivity index (χ1v) is 5.50. The highest BCUT2D eigenvalue weighted by molar-refractivity contribution is 5.90. The van der Waals surface area contributed by atoms with E-state index in [0.29, 0.717) is 6.42 Å². The van der Waals surface area contributed by atoms with Gasteiger partial charge in [-0.2, -0.15) is 0 Å². The van der Waals surface area contributed by atoms with Gasteiger partial charge in [0.15, 0.2) is 0 Å². The van der Waals surface area contributed by atoms with E-state index < -0.39 is 5.91 Å². The number of pyridine rings is 1. The highest BCUT2D eigenvalue weighted by atomic mass is 16.5. The molecule has 0 saturated carbocycles. The molecule has 3 rings (SSSR count). The predicted octanol–water partition coefficient (Wildman–Crippen LogP) is 0.926. The van der Waals surface area contributed by atoms with E-state index in [-0.39, 0.29) is 6.42 Å². The second-order valence-electron chi connectivity index (χ2n) is 4.23. The molecule has 4 N–H and O–H groups in total. The predicted molar refractivity (Wildman–Crippen MR) is 63.6 cm³/mol. The van der Waals surface area contributed by atoms with Crippen molar-refractivity contribution in [3.05, 3.63) is 36.3 Å². The molecule has 0 atom stereocenters. The van der Waals surface area contributed by atoms with Crippen molar-refractivity contribution in [3.63, 3.8) is 0 Å². The zero-order valence-corrected chi connectivity index (χ0v) is 9.14. The van der Waals surface area contributed by atoms with Gasteiger partial charge in [-0.25, -0.2) is 4.98 Å². The molecule has 5 nitrogen and oxygen atoms in total. The van der Waals surface area contributed by atoms with Gasteiger partial charge in [0, 0.05) is 36.0 Å². The number of aromatic amines is 1. The Hall–Kier alpha value is -1.85. The van der Waals surface area contributed by atoms with Crippen LogP contribution < -0.4 is 5.32 Å². The van der Waals surface area contributed by atoms with Crippen molar-refractivity contribution in [2.24, 2.45) is 0 Å². The zero-order valence-electron chi connectivity index (χ0n) is 9.14. The Bertz CT molecular complexity index is 586. The van der Waals surface area contributed by atoms with Crippen LogP contribution in [0.3, 0.4) is 0 Å². The van der Waals surface area contributed by atoms with Crippen LogP contribution in [-0.4, -0.2) is 26.1 Å². The maximum absolute atomic E-state index is 9.38. The van der Waals surface area contributed by atoms with Gasteiger partial charge >= 0.3 is 0 Å². The van der Waals surface area contributed by atoms with Gasteiger partial charge in [0.2, 0.25) is 5.91 Å². The number of hydrogen-bond acceptors (Lipinski definition) is 4. The number of nitrogens with zero attached hydrogens (tertiary/aromatic N) is 1. The first-order valence-electron chi connectivity index (χ1n) is 5.50. The number of nitrogens with one attached hydrogen (secondary N) is 2. The molecule has 1 aliphatic rings. The third-order valence-corrected chi connectivity index (χ3v) is 3.02. The van der Waals surface area contributed by atoms with E-state index in [1.54, 1.807) is 12.4 Å². The van der Waals surface area contributed by atoms with Crippen molar-refractivity contribution >= 4 is 16.6 Å².